The van der Waals surface area contributed by atoms with Crippen LogP contribution in [-0.4, -0.2) is 8.80 Å². The first-order chi connectivity index (χ1) is 14.3. The second-order valence-corrected chi connectivity index (χ2v) is 10.9. The van der Waals surface area contributed by atoms with Crippen molar-refractivity contribution in [3.05, 3.63) is 113 Å². The normalized spacial score (nSPS) is 13.8. The van der Waals surface area contributed by atoms with Gasteiger partial charge in [0.1, 0.15) is 8.80 Å². The predicted octanol–water partition coefficient (Wildman–Crippen LogP) is 5.85. The molecular weight excluding hydrogens is 364 g/mol. The largest absolute Gasteiger partial charge is 0.132 e. The van der Waals surface area contributed by atoms with Gasteiger partial charge in [-0.05, 0) is 42.9 Å². The SMILES string of the molecule is CCCCC1=C(c2ccc(C)cc2)CC=C1[SiH](c1ccccc1)c1ccccc1. The molecule has 0 bridgehead atoms. The van der Waals surface area contributed by atoms with E-state index in [4.69, 9.17) is 0 Å². The van der Waals surface area contributed by atoms with Gasteiger partial charge in [0, 0.05) is 0 Å². The maximum absolute atomic E-state index is 2.55. The molecule has 29 heavy (non-hydrogen) atoms. The van der Waals surface area contributed by atoms with E-state index in [1.165, 1.54) is 40.8 Å². The van der Waals surface area contributed by atoms with E-state index in [9.17, 15) is 0 Å². The minimum absolute atomic E-state index is 1.07. The Balaban J connectivity index is 1.82. The summed E-state index contributed by atoms with van der Waals surface area (Å²) < 4.78 is 0. The van der Waals surface area contributed by atoms with Crippen molar-refractivity contribution in [1.82, 2.24) is 0 Å². The Bertz CT molecular complexity index is 956. The predicted molar refractivity (Wildman–Crippen MR) is 130 cm³/mol. The van der Waals surface area contributed by atoms with Crippen LogP contribution in [0.1, 0.15) is 43.7 Å². The van der Waals surface area contributed by atoms with Crippen LogP contribution < -0.4 is 10.4 Å². The third-order valence-corrected chi connectivity index (χ3v) is 9.31. The number of unbranched alkanes of at least 4 members (excludes halogenated alkanes) is 1. The van der Waals surface area contributed by atoms with Crippen molar-refractivity contribution in [2.45, 2.75) is 39.5 Å². The zero-order chi connectivity index (χ0) is 20.1. The van der Waals surface area contributed by atoms with Crippen molar-refractivity contribution in [2.24, 2.45) is 0 Å². The topological polar surface area (TPSA) is 0 Å². The molecular formula is C28H30Si. The number of allylic oxidation sites excluding steroid dienone is 4. The monoisotopic (exact) mass is 394 g/mol. The van der Waals surface area contributed by atoms with Crippen LogP contribution in [-0.2, 0) is 0 Å². The van der Waals surface area contributed by atoms with Gasteiger partial charge in [-0.3, -0.25) is 0 Å². The van der Waals surface area contributed by atoms with Crippen molar-refractivity contribution in [1.29, 1.82) is 0 Å². The second-order valence-electron chi connectivity index (χ2n) is 8.04. The van der Waals surface area contributed by atoms with Gasteiger partial charge < -0.3 is 0 Å². The van der Waals surface area contributed by atoms with Gasteiger partial charge in [0.05, 0.1) is 0 Å². The van der Waals surface area contributed by atoms with E-state index >= 15 is 0 Å². The zero-order valence-corrected chi connectivity index (χ0v) is 18.7. The quantitative estimate of drug-likeness (QED) is 0.441. The molecule has 1 aliphatic carbocycles. The van der Waals surface area contributed by atoms with Gasteiger partial charge in [0.15, 0.2) is 0 Å². The molecule has 146 valence electrons. The lowest BCUT2D eigenvalue weighted by Crippen LogP contribution is -2.44. The molecule has 0 aliphatic heterocycles. The van der Waals surface area contributed by atoms with E-state index in [1.807, 2.05) is 0 Å². The summed E-state index contributed by atoms with van der Waals surface area (Å²) in [7, 11) is -1.47. The molecule has 0 aromatic heterocycles. The molecule has 1 heteroatoms. The minimum atomic E-state index is -1.47. The maximum Gasteiger partial charge on any atom is 0.132 e. The van der Waals surface area contributed by atoms with Crippen molar-refractivity contribution >= 4 is 24.7 Å². The smallest absolute Gasteiger partial charge is 0.0801 e. The van der Waals surface area contributed by atoms with Crippen LogP contribution in [0.3, 0.4) is 0 Å². The van der Waals surface area contributed by atoms with Crippen LogP contribution in [0.2, 0.25) is 0 Å². The molecule has 0 N–H and O–H groups in total. The molecule has 1 aliphatic rings. The molecule has 0 fully saturated rings. The highest BCUT2D eigenvalue weighted by atomic mass is 28.3. The van der Waals surface area contributed by atoms with Crippen molar-refractivity contribution in [3.8, 4) is 0 Å². The minimum Gasteiger partial charge on any atom is -0.0801 e. The van der Waals surface area contributed by atoms with Gasteiger partial charge in [-0.1, -0.05) is 125 Å². The first kappa shape index (κ1) is 19.7. The Hall–Kier alpha value is -2.64. The summed E-state index contributed by atoms with van der Waals surface area (Å²) in [6, 6.07) is 31.5. The summed E-state index contributed by atoms with van der Waals surface area (Å²) in [4.78, 5) is 0. The van der Waals surface area contributed by atoms with Gasteiger partial charge in [-0.15, -0.1) is 0 Å². The Morgan fingerprint density at radius 1 is 0.759 bits per heavy atom. The van der Waals surface area contributed by atoms with E-state index in [1.54, 1.807) is 16.3 Å². The van der Waals surface area contributed by atoms with Crippen LogP contribution in [0.25, 0.3) is 5.57 Å². The van der Waals surface area contributed by atoms with E-state index in [0.717, 1.165) is 6.42 Å². The number of hydrogen-bond donors (Lipinski definition) is 0. The zero-order valence-electron chi connectivity index (χ0n) is 17.6. The molecule has 0 saturated carbocycles. The number of aryl methyl sites for hydroxylation is 1. The molecule has 0 amide bonds. The number of benzene rings is 3. The molecule has 4 rings (SSSR count). The highest BCUT2D eigenvalue weighted by molar-refractivity contribution is 6.91. The highest BCUT2D eigenvalue weighted by Crippen LogP contribution is 2.37. The van der Waals surface area contributed by atoms with Crippen molar-refractivity contribution in [2.75, 3.05) is 0 Å². The molecule has 0 spiro atoms. The Morgan fingerprint density at radius 3 is 1.90 bits per heavy atom. The molecule has 0 nitrogen and oxygen atoms in total. The summed E-state index contributed by atoms with van der Waals surface area (Å²) >= 11 is 0. The molecule has 0 atom stereocenters. The lowest BCUT2D eigenvalue weighted by atomic mass is 9.97. The summed E-state index contributed by atoms with van der Waals surface area (Å²) in [5.74, 6) is 0. The summed E-state index contributed by atoms with van der Waals surface area (Å²) in [6.45, 7) is 4.47. The highest BCUT2D eigenvalue weighted by Gasteiger charge is 2.28. The fourth-order valence-corrected chi connectivity index (χ4v) is 7.80. The maximum atomic E-state index is 2.55. The Labute approximate surface area is 177 Å². The first-order valence-electron chi connectivity index (χ1n) is 10.9. The van der Waals surface area contributed by atoms with Crippen LogP contribution in [0.4, 0.5) is 0 Å². The van der Waals surface area contributed by atoms with E-state index in [-0.39, 0.29) is 0 Å². The molecule has 0 unspecified atom stereocenters. The van der Waals surface area contributed by atoms with E-state index in [0.29, 0.717) is 0 Å². The number of rotatable bonds is 7. The fraction of sp³-hybridized carbons (Fsp3) is 0.214. The average Bonchev–Trinajstić information content (AvgIpc) is 3.18. The summed E-state index contributed by atoms with van der Waals surface area (Å²) in [5, 5.41) is 4.68. The van der Waals surface area contributed by atoms with Crippen molar-refractivity contribution < 1.29 is 0 Å². The van der Waals surface area contributed by atoms with Gasteiger partial charge >= 0.3 is 0 Å². The third-order valence-electron chi connectivity index (χ3n) is 6.00. The van der Waals surface area contributed by atoms with E-state index < -0.39 is 8.80 Å². The van der Waals surface area contributed by atoms with Crippen LogP contribution in [0.5, 0.6) is 0 Å². The molecule has 0 saturated heterocycles. The van der Waals surface area contributed by atoms with Gasteiger partial charge in [-0.25, -0.2) is 0 Å². The molecule has 0 radical (unpaired) electrons. The Morgan fingerprint density at radius 2 is 1.34 bits per heavy atom. The van der Waals surface area contributed by atoms with Gasteiger partial charge in [0.2, 0.25) is 0 Å². The molecule has 3 aromatic rings. The standard InChI is InChI=1S/C28H30Si/c1-3-4-15-27-26(23-18-16-22(2)17-19-23)20-21-28(27)29(24-11-7-5-8-12-24)25-13-9-6-10-14-25/h5-14,16-19,21,29H,3-4,15,20H2,1-2H3. The molecule has 3 aromatic carbocycles. The fourth-order valence-electron chi connectivity index (χ4n) is 4.46. The van der Waals surface area contributed by atoms with Gasteiger partial charge in [0.25, 0.3) is 0 Å². The van der Waals surface area contributed by atoms with Crippen LogP contribution in [0.15, 0.2) is 102 Å². The van der Waals surface area contributed by atoms with Crippen LogP contribution >= 0.6 is 0 Å². The average molecular weight is 395 g/mol. The second kappa shape index (κ2) is 9.24. The van der Waals surface area contributed by atoms with E-state index in [2.05, 4.69) is 105 Å². The first-order valence-corrected chi connectivity index (χ1v) is 12.6. The number of hydrogen-bond acceptors (Lipinski definition) is 0. The van der Waals surface area contributed by atoms with Crippen LogP contribution in [0, 0.1) is 6.92 Å². The van der Waals surface area contributed by atoms with Gasteiger partial charge in [-0.2, -0.15) is 0 Å². The Kier molecular flexibility index (Phi) is 6.26. The lowest BCUT2D eigenvalue weighted by molar-refractivity contribution is 0.798. The summed E-state index contributed by atoms with van der Waals surface area (Å²) in [6.07, 6.45) is 7.31. The third kappa shape index (κ3) is 4.36. The summed E-state index contributed by atoms with van der Waals surface area (Å²) in [5.41, 5.74) is 5.91. The lowest BCUT2D eigenvalue weighted by Gasteiger charge is -2.22. The molecule has 0 heterocycles. The van der Waals surface area contributed by atoms with Crippen molar-refractivity contribution in [3.63, 3.8) is 0 Å².